The Morgan fingerprint density at radius 1 is 1.06 bits per heavy atom. The van der Waals surface area contributed by atoms with Crippen LogP contribution in [-0.2, 0) is 0 Å². The summed E-state index contributed by atoms with van der Waals surface area (Å²) in [6, 6.07) is 9.79. The molecule has 0 radical (unpaired) electrons. The first-order valence-electron chi connectivity index (χ1n) is 9.56. The van der Waals surface area contributed by atoms with Crippen LogP contribution in [0.4, 0.5) is 20.4 Å². The summed E-state index contributed by atoms with van der Waals surface area (Å²) < 4.78 is 33.5. The maximum Gasteiger partial charge on any atom is 0.273 e. The van der Waals surface area contributed by atoms with Gasteiger partial charge in [-0.1, -0.05) is 6.07 Å². The number of benzene rings is 2. The first kappa shape index (κ1) is 20.5. The van der Waals surface area contributed by atoms with Gasteiger partial charge in [0.05, 0.1) is 0 Å². The van der Waals surface area contributed by atoms with Crippen molar-refractivity contribution < 1.29 is 22.8 Å². The van der Waals surface area contributed by atoms with Crippen LogP contribution in [0.1, 0.15) is 20.8 Å². The summed E-state index contributed by atoms with van der Waals surface area (Å²) in [5.41, 5.74) is 5.50. The third-order valence-electron chi connectivity index (χ3n) is 4.83. The minimum Gasteiger partial charge on any atom is -0.419 e. The average molecular weight is 427 g/mol. The number of amides is 2. The molecule has 1 fully saturated rings. The summed E-state index contributed by atoms with van der Waals surface area (Å²) in [5, 5.41) is 6.01. The monoisotopic (exact) mass is 427 g/mol. The largest absolute Gasteiger partial charge is 0.419 e. The number of nitrogens with two attached hydrogens (primary N) is 1. The third kappa shape index (κ3) is 4.24. The van der Waals surface area contributed by atoms with Crippen LogP contribution in [0.2, 0.25) is 0 Å². The highest BCUT2D eigenvalue weighted by atomic mass is 19.1. The second-order valence-corrected chi connectivity index (χ2v) is 6.90. The SMILES string of the molecule is NC(=O)c1nc(-c2c(F)cccc2F)oc1Nc1ccc(C(=O)N2CCNCC2)cc1. The van der Waals surface area contributed by atoms with Crippen LogP contribution < -0.4 is 16.4 Å². The van der Waals surface area contributed by atoms with Crippen molar-refractivity contribution in [3.63, 3.8) is 0 Å². The van der Waals surface area contributed by atoms with Crippen molar-refractivity contribution in [3.8, 4) is 11.5 Å². The molecule has 160 valence electrons. The van der Waals surface area contributed by atoms with Crippen molar-refractivity contribution in [1.29, 1.82) is 0 Å². The van der Waals surface area contributed by atoms with Gasteiger partial charge in [-0.15, -0.1) is 0 Å². The molecule has 2 amide bonds. The molecular formula is C21H19F2N5O3. The van der Waals surface area contributed by atoms with Crippen LogP contribution in [0.5, 0.6) is 0 Å². The quantitative estimate of drug-likeness (QED) is 0.577. The fourth-order valence-corrected chi connectivity index (χ4v) is 3.26. The number of primary amides is 1. The molecule has 31 heavy (non-hydrogen) atoms. The maximum atomic E-state index is 14.1. The molecule has 1 aromatic heterocycles. The van der Waals surface area contributed by atoms with Crippen molar-refractivity contribution in [2.75, 3.05) is 31.5 Å². The Morgan fingerprint density at radius 3 is 2.32 bits per heavy atom. The number of piperazine rings is 1. The van der Waals surface area contributed by atoms with E-state index in [-0.39, 0.29) is 17.5 Å². The second-order valence-electron chi connectivity index (χ2n) is 6.90. The predicted octanol–water partition coefficient (Wildman–Crippen LogP) is 2.51. The number of halogens is 2. The van der Waals surface area contributed by atoms with E-state index in [0.717, 1.165) is 25.2 Å². The van der Waals surface area contributed by atoms with Gasteiger partial charge in [0.15, 0.2) is 5.69 Å². The number of hydrogen-bond acceptors (Lipinski definition) is 6. The summed E-state index contributed by atoms with van der Waals surface area (Å²) in [5.74, 6) is -3.37. The van der Waals surface area contributed by atoms with Gasteiger partial charge in [0.25, 0.3) is 11.8 Å². The molecule has 10 heteroatoms. The highest BCUT2D eigenvalue weighted by Gasteiger charge is 2.24. The first-order chi connectivity index (χ1) is 14.9. The van der Waals surface area contributed by atoms with Crippen molar-refractivity contribution in [2.24, 2.45) is 5.73 Å². The van der Waals surface area contributed by atoms with Gasteiger partial charge < -0.3 is 25.7 Å². The lowest BCUT2D eigenvalue weighted by Crippen LogP contribution is -2.46. The fourth-order valence-electron chi connectivity index (χ4n) is 3.26. The zero-order valence-corrected chi connectivity index (χ0v) is 16.3. The molecule has 0 atom stereocenters. The van der Waals surface area contributed by atoms with Crippen LogP contribution in [0.25, 0.3) is 11.5 Å². The van der Waals surface area contributed by atoms with Crippen LogP contribution in [0, 0.1) is 11.6 Å². The molecule has 1 aliphatic rings. The lowest BCUT2D eigenvalue weighted by molar-refractivity contribution is 0.0735. The van der Waals surface area contributed by atoms with Crippen LogP contribution in [-0.4, -0.2) is 47.9 Å². The van der Waals surface area contributed by atoms with E-state index in [1.165, 1.54) is 6.07 Å². The molecule has 0 spiro atoms. The number of anilines is 2. The molecule has 0 aliphatic carbocycles. The van der Waals surface area contributed by atoms with Crippen LogP contribution in [0.3, 0.4) is 0 Å². The lowest BCUT2D eigenvalue weighted by atomic mass is 10.1. The summed E-state index contributed by atoms with van der Waals surface area (Å²) in [6.07, 6.45) is 0. The molecular weight excluding hydrogens is 408 g/mol. The number of nitrogens with zero attached hydrogens (tertiary/aromatic N) is 2. The van der Waals surface area contributed by atoms with Gasteiger partial charge in [-0.2, -0.15) is 0 Å². The van der Waals surface area contributed by atoms with Gasteiger partial charge in [0, 0.05) is 37.4 Å². The highest BCUT2D eigenvalue weighted by molar-refractivity contribution is 5.97. The number of carbonyl (C=O) groups is 2. The molecule has 2 aromatic carbocycles. The number of nitrogens with one attached hydrogen (secondary N) is 2. The number of hydrogen-bond donors (Lipinski definition) is 3. The van der Waals surface area contributed by atoms with Gasteiger partial charge in [0.1, 0.15) is 17.2 Å². The van der Waals surface area contributed by atoms with E-state index >= 15 is 0 Å². The van der Waals surface area contributed by atoms with E-state index in [2.05, 4.69) is 15.6 Å². The molecule has 2 heterocycles. The lowest BCUT2D eigenvalue weighted by Gasteiger charge is -2.27. The van der Waals surface area contributed by atoms with Crippen LogP contribution >= 0.6 is 0 Å². The first-order valence-corrected chi connectivity index (χ1v) is 9.56. The van der Waals surface area contributed by atoms with Gasteiger partial charge in [-0.3, -0.25) is 9.59 Å². The van der Waals surface area contributed by atoms with Gasteiger partial charge in [-0.05, 0) is 36.4 Å². The minimum absolute atomic E-state index is 0.0807. The molecule has 1 aliphatic heterocycles. The number of rotatable bonds is 5. The molecule has 8 nitrogen and oxygen atoms in total. The number of aromatic nitrogens is 1. The summed E-state index contributed by atoms with van der Waals surface area (Å²) >= 11 is 0. The molecule has 0 bridgehead atoms. The van der Waals surface area contributed by atoms with E-state index in [1.807, 2.05) is 0 Å². The molecule has 0 unspecified atom stereocenters. The van der Waals surface area contributed by atoms with Crippen molar-refractivity contribution >= 4 is 23.4 Å². The molecule has 4 rings (SSSR count). The van der Waals surface area contributed by atoms with E-state index in [1.54, 1.807) is 29.2 Å². The molecule has 0 saturated carbocycles. The maximum absolute atomic E-state index is 14.1. The Hall–Kier alpha value is -3.79. The third-order valence-corrected chi connectivity index (χ3v) is 4.83. The zero-order valence-electron chi connectivity index (χ0n) is 16.3. The standard InChI is InChI=1S/C21H19F2N5O3/c22-14-2-1-3-15(23)16(14)19-27-17(18(24)29)20(31-19)26-13-6-4-12(5-7-13)21(30)28-10-8-25-9-11-28/h1-7,25-26H,8-11H2,(H2,24,29). The topological polar surface area (TPSA) is 113 Å². The summed E-state index contributed by atoms with van der Waals surface area (Å²) in [7, 11) is 0. The van der Waals surface area contributed by atoms with Crippen molar-refractivity contribution in [3.05, 3.63) is 65.4 Å². The highest BCUT2D eigenvalue weighted by Crippen LogP contribution is 2.31. The Kier molecular flexibility index (Phi) is 5.63. The van der Waals surface area contributed by atoms with E-state index in [9.17, 15) is 18.4 Å². The summed E-state index contributed by atoms with van der Waals surface area (Å²) in [4.78, 5) is 29.9. The average Bonchev–Trinajstić information content (AvgIpc) is 3.18. The minimum atomic E-state index is -0.931. The van der Waals surface area contributed by atoms with E-state index in [0.29, 0.717) is 24.3 Å². The van der Waals surface area contributed by atoms with Crippen LogP contribution in [0.15, 0.2) is 46.9 Å². The van der Waals surface area contributed by atoms with Crippen molar-refractivity contribution in [2.45, 2.75) is 0 Å². The Balaban J connectivity index is 1.58. The fraction of sp³-hybridized carbons (Fsp3) is 0.190. The normalized spacial score (nSPS) is 13.8. The Morgan fingerprint density at radius 2 is 1.71 bits per heavy atom. The predicted molar refractivity (Wildman–Crippen MR) is 109 cm³/mol. The molecule has 3 aromatic rings. The van der Waals surface area contributed by atoms with Gasteiger partial charge in [0.2, 0.25) is 11.8 Å². The number of oxazole rings is 1. The smallest absolute Gasteiger partial charge is 0.273 e. The van der Waals surface area contributed by atoms with E-state index < -0.39 is 29.0 Å². The Labute approximate surface area is 176 Å². The molecule has 4 N–H and O–H groups in total. The van der Waals surface area contributed by atoms with Gasteiger partial charge >= 0.3 is 0 Å². The van der Waals surface area contributed by atoms with Crippen molar-refractivity contribution in [1.82, 2.24) is 15.2 Å². The second kappa shape index (κ2) is 8.52. The molecule has 1 saturated heterocycles. The number of carbonyl (C=O) groups excluding carboxylic acids is 2. The van der Waals surface area contributed by atoms with E-state index in [4.69, 9.17) is 10.2 Å². The Bertz CT molecular complexity index is 1100. The van der Waals surface area contributed by atoms with Gasteiger partial charge in [-0.25, -0.2) is 13.8 Å². The zero-order chi connectivity index (χ0) is 22.0. The summed E-state index contributed by atoms with van der Waals surface area (Å²) in [6.45, 7) is 2.76.